The number of aliphatic hydroxyl groups excluding tert-OH is 1. The average Bonchev–Trinajstić information content (AvgIpc) is 3.66. The van der Waals surface area contributed by atoms with Crippen LogP contribution in [-0.2, 0) is 10.2 Å². The Kier molecular flexibility index (Phi) is 7.72. The maximum absolute atomic E-state index is 13.9. The van der Waals surface area contributed by atoms with Crippen LogP contribution < -0.4 is 0 Å². The number of hydrogen-bond acceptors (Lipinski definition) is 3. The van der Waals surface area contributed by atoms with Crippen LogP contribution in [0.2, 0.25) is 5.02 Å². The third-order valence-electron chi connectivity index (χ3n) is 6.99. The highest BCUT2D eigenvalue weighted by atomic mass is 35.5. The van der Waals surface area contributed by atoms with Crippen LogP contribution in [0.15, 0.2) is 84.9 Å². The largest absolute Gasteiger partial charge is 0.395 e. The third-order valence-corrected chi connectivity index (χ3v) is 7.24. The van der Waals surface area contributed by atoms with Crippen LogP contribution in [0.25, 0.3) is 0 Å². The van der Waals surface area contributed by atoms with E-state index in [-0.39, 0.29) is 12.5 Å². The Bertz CT molecular complexity index is 1030. The number of halogens is 1. The van der Waals surface area contributed by atoms with Crippen LogP contribution in [0.1, 0.15) is 35.4 Å². The number of carbonyl (C=O) groups is 1. The van der Waals surface area contributed by atoms with E-state index >= 15 is 0 Å². The van der Waals surface area contributed by atoms with E-state index in [1.807, 2.05) is 62.6 Å². The van der Waals surface area contributed by atoms with Crippen molar-refractivity contribution in [3.63, 3.8) is 0 Å². The van der Waals surface area contributed by atoms with Crippen molar-refractivity contribution in [3.05, 3.63) is 107 Å². The Labute approximate surface area is 207 Å². The van der Waals surface area contributed by atoms with Crippen molar-refractivity contribution < 1.29 is 9.90 Å². The van der Waals surface area contributed by atoms with Gasteiger partial charge < -0.3 is 10.0 Å². The Morgan fingerprint density at radius 3 is 1.97 bits per heavy atom. The second-order valence-electron chi connectivity index (χ2n) is 9.31. The topological polar surface area (TPSA) is 43.8 Å². The summed E-state index contributed by atoms with van der Waals surface area (Å²) in [6, 6.07) is 28.6. The highest BCUT2D eigenvalue weighted by Gasteiger charge is 2.46. The Hall–Kier alpha value is -2.66. The van der Waals surface area contributed by atoms with Crippen molar-refractivity contribution in [1.29, 1.82) is 0 Å². The zero-order chi connectivity index (χ0) is 24.1. The second-order valence-corrected chi connectivity index (χ2v) is 9.74. The fraction of sp³-hybridized carbons (Fsp3) is 0.345. The van der Waals surface area contributed by atoms with E-state index in [9.17, 15) is 9.90 Å². The number of rotatable bonds is 10. The molecule has 1 fully saturated rings. The van der Waals surface area contributed by atoms with Gasteiger partial charge in [-0.1, -0.05) is 84.4 Å². The molecule has 3 aromatic carbocycles. The molecule has 0 unspecified atom stereocenters. The second kappa shape index (κ2) is 10.7. The summed E-state index contributed by atoms with van der Waals surface area (Å²) in [4.78, 5) is 17.9. The van der Waals surface area contributed by atoms with E-state index in [1.165, 1.54) is 5.56 Å². The summed E-state index contributed by atoms with van der Waals surface area (Å²) in [5, 5.41) is 10.6. The van der Waals surface area contributed by atoms with Gasteiger partial charge in [-0.05, 0) is 41.7 Å². The first-order valence-corrected chi connectivity index (χ1v) is 12.3. The summed E-state index contributed by atoms with van der Waals surface area (Å²) in [7, 11) is 3.65. The molecular formula is C29H33ClN2O2. The number of amides is 1. The first kappa shape index (κ1) is 24.5. The molecule has 178 valence electrons. The summed E-state index contributed by atoms with van der Waals surface area (Å²) >= 11 is 6.08. The first-order valence-electron chi connectivity index (χ1n) is 11.9. The fourth-order valence-electron chi connectivity index (χ4n) is 5.17. The predicted octanol–water partition coefficient (Wildman–Crippen LogP) is 4.95. The Morgan fingerprint density at radius 1 is 0.912 bits per heavy atom. The van der Waals surface area contributed by atoms with Gasteiger partial charge in [0, 0.05) is 44.2 Å². The SMILES string of the molecule is CN(C)C(=O)C(CCN(CCO)[C@@H]1C[C@H]1c1ccc(Cl)cc1)(c1ccccc1)c1ccccc1. The summed E-state index contributed by atoms with van der Waals surface area (Å²) < 4.78 is 0. The number of likely N-dealkylation sites (N-methyl/N-ethyl adjacent to an activating group) is 1. The van der Waals surface area contributed by atoms with Crippen molar-refractivity contribution in [2.24, 2.45) is 0 Å². The highest BCUT2D eigenvalue weighted by Crippen LogP contribution is 2.46. The van der Waals surface area contributed by atoms with E-state index < -0.39 is 5.41 Å². The summed E-state index contributed by atoms with van der Waals surface area (Å²) in [5.74, 6) is 0.495. The highest BCUT2D eigenvalue weighted by molar-refractivity contribution is 6.30. The summed E-state index contributed by atoms with van der Waals surface area (Å²) in [6.45, 7) is 1.39. The van der Waals surface area contributed by atoms with Crippen molar-refractivity contribution in [2.45, 2.75) is 30.2 Å². The summed E-state index contributed by atoms with van der Waals surface area (Å²) in [6.07, 6.45) is 1.68. The van der Waals surface area contributed by atoms with Crippen molar-refractivity contribution in [2.75, 3.05) is 33.8 Å². The van der Waals surface area contributed by atoms with Gasteiger partial charge >= 0.3 is 0 Å². The smallest absolute Gasteiger partial charge is 0.237 e. The summed E-state index contributed by atoms with van der Waals surface area (Å²) in [5.41, 5.74) is 2.46. The minimum absolute atomic E-state index is 0.0684. The molecule has 2 atom stereocenters. The van der Waals surface area contributed by atoms with Gasteiger partial charge in [-0.25, -0.2) is 0 Å². The maximum Gasteiger partial charge on any atom is 0.237 e. The lowest BCUT2D eigenvalue weighted by atomic mass is 9.70. The van der Waals surface area contributed by atoms with E-state index in [2.05, 4.69) is 41.3 Å². The minimum Gasteiger partial charge on any atom is -0.395 e. The monoisotopic (exact) mass is 476 g/mol. The van der Waals surface area contributed by atoms with Crippen LogP contribution in [0.3, 0.4) is 0 Å². The van der Waals surface area contributed by atoms with Gasteiger partial charge in [0.2, 0.25) is 5.91 Å². The molecular weight excluding hydrogens is 444 g/mol. The average molecular weight is 477 g/mol. The number of hydrogen-bond donors (Lipinski definition) is 1. The molecule has 0 bridgehead atoms. The number of aliphatic hydroxyl groups is 1. The molecule has 0 heterocycles. The molecule has 4 nitrogen and oxygen atoms in total. The molecule has 1 amide bonds. The van der Waals surface area contributed by atoms with E-state index in [0.717, 1.165) is 22.6 Å². The normalized spacial score (nSPS) is 17.6. The standard InChI is InChI=1S/C29H33ClN2O2/c1-31(2)28(34)29(23-9-5-3-6-10-23,24-11-7-4-8-12-24)17-18-32(19-20-33)27-21-26(27)22-13-15-25(30)16-14-22/h3-16,26-27,33H,17-21H2,1-2H3/t26-,27+/m0/s1. The van der Waals surface area contributed by atoms with Gasteiger partial charge in [-0.15, -0.1) is 0 Å². The molecule has 4 rings (SSSR count). The van der Waals surface area contributed by atoms with Crippen LogP contribution >= 0.6 is 11.6 Å². The van der Waals surface area contributed by atoms with Gasteiger partial charge in [-0.3, -0.25) is 9.69 Å². The molecule has 34 heavy (non-hydrogen) atoms. The van der Waals surface area contributed by atoms with Crippen LogP contribution in [-0.4, -0.2) is 60.6 Å². The molecule has 0 saturated heterocycles. The lowest BCUT2D eigenvalue weighted by molar-refractivity contribution is -0.133. The molecule has 1 saturated carbocycles. The number of nitrogens with zero attached hydrogens (tertiary/aromatic N) is 2. The quantitative estimate of drug-likeness (QED) is 0.450. The lowest BCUT2D eigenvalue weighted by Crippen LogP contribution is -2.47. The van der Waals surface area contributed by atoms with Crippen LogP contribution in [0, 0.1) is 0 Å². The fourth-order valence-corrected chi connectivity index (χ4v) is 5.30. The maximum atomic E-state index is 13.9. The van der Waals surface area contributed by atoms with E-state index in [0.29, 0.717) is 31.5 Å². The third kappa shape index (κ3) is 5.05. The van der Waals surface area contributed by atoms with Crippen molar-refractivity contribution in [3.8, 4) is 0 Å². The van der Waals surface area contributed by atoms with Crippen LogP contribution in [0.4, 0.5) is 0 Å². The minimum atomic E-state index is -0.801. The molecule has 1 aliphatic rings. The Balaban J connectivity index is 1.65. The van der Waals surface area contributed by atoms with Gasteiger partial charge in [0.05, 0.1) is 6.61 Å². The molecule has 1 N–H and O–H groups in total. The van der Waals surface area contributed by atoms with Gasteiger partial charge in [0.15, 0.2) is 0 Å². The van der Waals surface area contributed by atoms with Gasteiger partial charge in [-0.2, -0.15) is 0 Å². The molecule has 3 aromatic rings. The van der Waals surface area contributed by atoms with Crippen molar-refractivity contribution in [1.82, 2.24) is 9.80 Å². The zero-order valence-electron chi connectivity index (χ0n) is 19.9. The molecule has 0 aliphatic heterocycles. The first-order chi connectivity index (χ1) is 16.5. The molecule has 0 aromatic heterocycles. The lowest BCUT2D eigenvalue weighted by Gasteiger charge is -2.37. The van der Waals surface area contributed by atoms with Crippen LogP contribution in [0.5, 0.6) is 0 Å². The number of carbonyl (C=O) groups excluding carboxylic acids is 1. The molecule has 5 heteroatoms. The number of benzene rings is 3. The van der Waals surface area contributed by atoms with Gasteiger partial charge in [0.1, 0.15) is 5.41 Å². The molecule has 0 spiro atoms. The zero-order valence-corrected chi connectivity index (χ0v) is 20.7. The van der Waals surface area contributed by atoms with E-state index in [4.69, 9.17) is 11.6 Å². The van der Waals surface area contributed by atoms with E-state index in [1.54, 1.807) is 4.90 Å². The Morgan fingerprint density at radius 2 is 1.47 bits per heavy atom. The molecule has 1 aliphatic carbocycles. The van der Waals surface area contributed by atoms with Crippen molar-refractivity contribution >= 4 is 17.5 Å². The predicted molar refractivity (Wildman–Crippen MR) is 138 cm³/mol. The molecule has 0 radical (unpaired) electrons. The van der Waals surface area contributed by atoms with Gasteiger partial charge in [0.25, 0.3) is 0 Å².